The van der Waals surface area contributed by atoms with Crippen molar-refractivity contribution < 1.29 is 9.84 Å². The number of phenols is 1. The van der Waals surface area contributed by atoms with Crippen LogP contribution in [0.5, 0.6) is 11.5 Å². The van der Waals surface area contributed by atoms with Gasteiger partial charge in [0.25, 0.3) is 0 Å². The molecule has 0 amide bonds. The highest BCUT2D eigenvalue weighted by Crippen LogP contribution is 2.25. The van der Waals surface area contributed by atoms with Crippen LogP contribution in [0.1, 0.15) is 11.4 Å². The molecule has 3 aromatic rings. The van der Waals surface area contributed by atoms with Gasteiger partial charge in [-0.25, -0.2) is 0 Å². The lowest BCUT2D eigenvalue weighted by Gasteiger charge is -2.06. The molecule has 7 heteroatoms. The standard InChI is InChI=1S/C18H16N4O3/c1-12-20-21-17(14-6-4-3-5-7-14)18(24)22(12)19-11-13-8-9-15(23)16(10-13)25-2/h3-11,23H,1-2H3/b19-11+. The van der Waals surface area contributed by atoms with Crippen LogP contribution in [0.15, 0.2) is 58.4 Å². The van der Waals surface area contributed by atoms with Crippen LogP contribution in [0, 0.1) is 6.92 Å². The summed E-state index contributed by atoms with van der Waals surface area (Å²) in [7, 11) is 1.46. The summed E-state index contributed by atoms with van der Waals surface area (Å²) < 4.78 is 6.25. The first-order chi connectivity index (χ1) is 12.1. The highest BCUT2D eigenvalue weighted by molar-refractivity contribution is 5.80. The fraction of sp³-hybridized carbons (Fsp3) is 0.111. The van der Waals surface area contributed by atoms with Gasteiger partial charge in [-0.3, -0.25) is 4.79 Å². The van der Waals surface area contributed by atoms with Crippen LogP contribution in [0.3, 0.4) is 0 Å². The number of hydrogen-bond acceptors (Lipinski definition) is 6. The lowest BCUT2D eigenvalue weighted by molar-refractivity contribution is 0.373. The maximum absolute atomic E-state index is 12.7. The van der Waals surface area contributed by atoms with Crippen molar-refractivity contribution in [3.63, 3.8) is 0 Å². The third kappa shape index (κ3) is 3.40. The number of rotatable bonds is 4. The predicted molar refractivity (Wildman–Crippen MR) is 94.1 cm³/mol. The fourth-order valence-electron chi connectivity index (χ4n) is 2.27. The first-order valence-electron chi connectivity index (χ1n) is 7.53. The zero-order valence-corrected chi connectivity index (χ0v) is 13.7. The topological polar surface area (TPSA) is 89.6 Å². The van der Waals surface area contributed by atoms with E-state index in [-0.39, 0.29) is 17.0 Å². The molecule has 0 aliphatic carbocycles. The third-order valence-corrected chi connectivity index (χ3v) is 3.57. The molecule has 0 radical (unpaired) electrons. The van der Waals surface area contributed by atoms with Gasteiger partial charge < -0.3 is 9.84 Å². The van der Waals surface area contributed by atoms with Crippen molar-refractivity contribution >= 4 is 6.21 Å². The second kappa shape index (κ2) is 6.96. The average molecular weight is 336 g/mol. The number of hydrogen-bond donors (Lipinski definition) is 1. The van der Waals surface area contributed by atoms with E-state index in [2.05, 4.69) is 15.3 Å². The normalized spacial score (nSPS) is 11.0. The maximum Gasteiger partial charge on any atom is 0.301 e. The first-order valence-corrected chi connectivity index (χ1v) is 7.53. The van der Waals surface area contributed by atoms with Gasteiger partial charge in [0.2, 0.25) is 0 Å². The van der Waals surface area contributed by atoms with Crippen LogP contribution < -0.4 is 10.3 Å². The lowest BCUT2D eigenvalue weighted by Crippen LogP contribution is -2.23. The summed E-state index contributed by atoms with van der Waals surface area (Å²) in [4.78, 5) is 12.7. The monoisotopic (exact) mass is 336 g/mol. The molecule has 7 nitrogen and oxygen atoms in total. The fourth-order valence-corrected chi connectivity index (χ4v) is 2.27. The van der Waals surface area contributed by atoms with E-state index in [1.165, 1.54) is 24.1 Å². The summed E-state index contributed by atoms with van der Waals surface area (Å²) in [6.07, 6.45) is 1.49. The zero-order chi connectivity index (χ0) is 17.8. The number of benzene rings is 2. The lowest BCUT2D eigenvalue weighted by atomic mass is 10.2. The largest absolute Gasteiger partial charge is 0.504 e. The Morgan fingerprint density at radius 1 is 1.16 bits per heavy atom. The molecule has 0 bridgehead atoms. The molecule has 25 heavy (non-hydrogen) atoms. The molecule has 0 aliphatic rings. The van der Waals surface area contributed by atoms with Crippen molar-refractivity contribution in [1.29, 1.82) is 0 Å². The first kappa shape index (κ1) is 16.4. The Morgan fingerprint density at radius 3 is 2.64 bits per heavy atom. The zero-order valence-electron chi connectivity index (χ0n) is 13.7. The van der Waals surface area contributed by atoms with E-state index in [1.54, 1.807) is 31.2 Å². The van der Waals surface area contributed by atoms with Gasteiger partial charge in [-0.05, 0) is 30.7 Å². The van der Waals surface area contributed by atoms with Gasteiger partial charge in [0.05, 0.1) is 13.3 Å². The Labute approximate surface area is 143 Å². The number of nitrogens with zero attached hydrogens (tertiary/aromatic N) is 4. The smallest absolute Gasteiger partial charge is 0.301 e. The highest BCUT2D eigenvalue weighted by Gasteiger charge is 2.10. The predicted octanol–water partition coefficient (Wildman–Crippen LogP) is 2.21. The van der Waals surface area contributed by atoms with Gasteiger partial charge >= 0.3 is 5.56 Å². The Morgan fingerprint density at radius 2 is 1.92 bits per heavy atom. The molecule has 3 rings (SSSR count). The number of ether oxygens (including phenoxy) is 1. The molecule has 0 unspecified atom stereocenters. The molecule has 1 heterocycles. The van der Waals surface area contributed by atoms with Crippen LogP contribution in [0.25, 0.3) is 11.3 Å². The summed E-state index contributed by atoms with van der Waals surface area (Å²) in [6.45, 7) is 1.65. The van der Waals surface area contributed by atoms with Crippen molar-refractivity contribution in [1.82, 2.24) is 14.9 Å². The number of aryl methyl sites for hydroxylation is 1. The molecular formula is C18H16N4O3. The van der Waals surface area contributed by atoms with Gasteiger partial charge in [-0.15, -0.1) is 10.2 Å². The summed E-state index contributed by atoms with van der Waals surface area (Å²) in [6, 6.07) is 13.9. The Hall–Kier alpha value is -3.48. The second-order valence-electron chi connectivity index (χ2n) is 5.25. The minimum atomic E-state index is -0.360. The Balaban J connectivity index is 2.02. The molecular weight excluding hydrogens is 320 g/mol. The second-order valence-corrected chi connectivity index (χ2v) is 5.25. The number of methoxy groups -OCH3 is 1. The van der Waals surface area contributed by atoms with E-state index in [4.69, 9.17) is 4.74 Å². The number of aromatic nitrogens is 3. The molecule has 1 aromatic heterocycles. The minimum Gasteiger partial charge on any atom is -0.504 e. The Kier molecular flexibility index (Phi) is 4.56. The molecule has 2 aromatic carbocycles. The summed E-state index contributed by atoms with van der Waals surface area (Å²) >= 11 is 0. The van der Waals surface area contributed by atoms with E-state index < -0.39 is 0 Å². The molecule has 126 valence electrons. The van der Waals surface area contributed by atoms with E-state index >= 15 is 0 Å². The van der Waals surface area contributed by atoms with Gasteiger partial charge in [0, 0.05) is 5.56 Å². The van der Waals surface area contributed by atoms with Crippen LogP contribution in [0.4, 0.5) is 0 Å². The van der Waals surface area contributed by atoms with Crippen LogP contribution >= 0.6 is 0 Å². The average Bonchev–Trinajstić information content (AvgIpc) is 2.63. The minimum absolute atomic E-state index is 0.0324. The van der Waals surface area contributed by atoms with Crippen molar-refractivity contribution in [2.45, 2.75) is 6.92 Å². The summed E-state index contributed by atoms with van der Waals surface area (Å²) in [5.74, 6) is 0.725. The van der Waals surface area contributed by atoms with Crippen molar-refractivity contribution in [2.75, 3.05) is 7.11 Å². The third-order valence-electron chi connectivity index (χ3n) is 3.57. The molecule has 0 saturated heterocycles. The van der Waals surface area contributed by atoms with Crippen molar-refractivity contribution in [3.05, 3.63) is 70.3 Å². The van der Waals surface area contributed by atoms with Crippen LogP contribution in [-0.2, 0) is 0 Å². The van der Waals surface area contributed by atoms with Crippen molar-refractivity contribution in [2.24, 2.45) is 5.10 Å². The molecule has 0 spiro atoms. The van der Waals surface area contributed by atoms with E-state index in [0.29, 0.717) is 22.7 Å². The Bertz CT molecular complexity index is 981. The molecule has 0 fully saturated rings. The quantitative estimate of drug-likeness (QED) is 0.738. The van der Waals surface area contributed by atoms with Crippen LogP contribution in [0.2, 0.25) is 0 Å². The summed E-state index contributed by atoms with van der Waals surface area (Å²) in [5.41, 5.74) is 1.21. The number of phenolic OH excluding ortho intramolecular Hbond substituents is 1. The summed E-state index contributed by atoms with van der Waals surface area (Å²) in [5, 5.41) is 21.8. The van der Waals surface area contributed by atoms with Crippen LogP contribution in [-0.4, -0.2) is 33.3 Å². The molecule has 0 saturated carbocycles. The maximum atomic E-state index is 12.7. The highest BCUT2D eigenvalue weighted by atomic mass is 16.5. The molecule has 0 aliphatic heterocycles. The van der Waals surface area contributed by atoms with Gasteiger partial charge in [0.1, 0.15) is 0 Å². The van der Waals surface area contributed by atoms with Crippen molar-refractivity contribution in [3.8, 4) is 22.8 Å². The van der Waals surface area contributed by atoms with E-state index in [1.807, 2.05) is 18.2 Å². The van der Waals surface area contributed by atoms with Gasteiger partial charge in [-0.1, -0.05) is 30.3 Å². The molecule has 1 N–H and O–H groups in total. The molecule has 0 atom stereocenters. The van der Waals surface area contributed by atoms with Gasteiger partial charge in [0.15, 0.2) is 23.0 Å². The van der Waals surface area contributed by atoms with E-state index in [0.717, 1.165) is 0 Å². The van der Waals surface area contributed by atoms with Gasteiger partial charge in [-0.2, -0.15) is 9.78 Å². The number of aromatic hydroxyl groups is 1. The van der Waals surface area contributed by atoms with E-state index in [9.17, 15) is 9.90 Å². The SMILES string of the molecule is COc1cc(/C=N/n2c(C)nnc(-c3ccccc3)c2=O)ccc1O.